The average Bonchev–Trinajstić information content (AvgIpc) is 3.01. The second kappa shape index (κ2) is 3.96. The van der Waals surface area contributed by atoms with Crippen LogP contribution in [0.3, 0.4) is 0 Å². The summed E-state index contributed by atoms with van der Waals surface area (Å²) in [5.41, 5.74) is 7.10. The Morgan fingerprint density at radius 3 is 2.67 bits per heavy atom. The molecule has 1 aliphatic carbocycles. The van der Waals surface area contributed by atoms with Crippen LogP contribution in [0.25, 0.3) is 0 Å². The Balaban J connectivity index is 2.51. The second-order valence-electron chi connectivity index (χ2n) is 3.95. The minimum absolute atomic E-state index is 0.122. The smallest absolute Gasteiger partial charge is 0.134 e. The van der Waals surface area contributed by atoms with Crippen molar-refractivity contribution in [3.8, 4) is 5.75 Å². The van der Waals surface area contributed by atoms with Gasteiger partial charge in [-0.05, 0) is 46.5 Å². The molecule has 4 heteroatoms. The fourth-order valence-electron chi connectivity index (χ4n) is 1.83. The van der Waals surface area contributed by atoms with Crippen molar-refractivity contribution in [1.29, 1.82) is 0 Å². The maximum Gasteiger partial charge on any atom is 0.134 e. The third kappa shape index (κ3) is 1.88. The molecule has 0 atom stereocenters. The van der Waals surface area contributed by atoms with Crippen molar-refractivity contribution in [1.82, 2.24) is 0 Å². The first-order valence-electron chi connectivity index (χ1n) is 4.86. The molecular formula is C11H13BrClNO. The number of halogens is 2. The van der Waals surface area contributed by atoms with E-state index in [1.165, 1.54) is 5.56 Å². The molecule has 0 spiro atoms. The lowest BCUT2D eigenvalue weighted by atomic mass is 9.96. The molecule has 1 aromatic carbocycles. The SMILES string of the molecule is COc1cc(Cl)cc(C2(CN)CC2)c1Br. The predicted octanol–water partition coefficient (Wildman–Crippen LogP) is 3.10. The molecule has 0 aliphatic heterocycles. The largest absolute Gasteiger partial charge is 0.496 e. The van der Waals surface area contributed by atoms with Gasteiger partial charge >= 0.3 is 0 Å². The summed E-state index contributed by atoms with van der Waals surface area (Å²) in [5.74, 6) is 0.775. The van der Waals surface area contributed by atoms with Gasteiger partial charge in [-0.15, -0.1) is 0 Å². The van der Waals surface area contributed by atoms with E-state index in [0.29, 0.717) is 11.6 Å². The first kappa shape index (κ1) is 11.2. The van der Waals surface area contributed by atoms with Crippen LogP contribution in [0.2, 0.25) is 5.02 Å². The third-order valence-corrected chi connectivity index (χ3v) is 4.08. The summed E-state index contributed by atoms with van der Waals surface area (Å²) in [6, 6.07) is 3.79. The van der Waals surface area contributed by atoms with E-state index in [-0.39, 0.29) is 5.41 Å². The minimum Gasteiger partial charge on any atom is -0.496 e. The van der Waals surface area contributed by atoms with E-state index in [1.807, 2.05) is 12.1 Å². The van der Waals surface area contributed by atoms with Crippen LogP contribution in [0.1, 0.15) is 18.4 Å². The summed E-state index contributed by atoms with van der Waals surface area (Å²) >= 11 is 9.60. The van der Waals surface area contributed by atoms with Gasteiger partial charge in [0.05, 0.1) is 11.6 Å². The van der Waals surface area contributed by atoms with Crippen LogP contribution in [0.5, 0.6) is 5.75 Å². The Kier molecular flexibility index (Phi) is 2.97. The zero-order valence-electron chi connectivity index (χ0n) is 8.52. The van der Waals surface area contributed by atoms with Crippen LogP contribution in [-0.4, -0.2) is 13.7 Å². The lowest BCUT2D eigenvalue weighted by Crippen LogP contribution is -2.20. The number of hydrogen-bond donors (Lipinski definition) is 1. The molecule has 0 bridgehead atoms. The lowest BCUT2D eigenvalue weighted by Gasteiger charge is -2.17. The summed E-state index contributed by atoms with van der Waals surface area (Å²) in [7, 11) is 1.64. The molecule has 1 aliphatic rings. The average molecular weight is 291 g/mol. The highest BCUT2D eigenvalue weighted by Crippen LogP contribution is 2.52. The van der Waals surface area contributed by atoms with E-state index in [2.05, 4.69) is 15.9 Å². The topological polar surface area (TPSA) is 35.2 Å². The Labute approximate surface area is 103 Å². The van der Waals surface area contributed by atoms with Crippen molar-refractivity contribution in [3.05, 3.63) is 27.2 Å². The Hall–Kier alpha value is -0.250. The highest BCUT2D eigenvalue weighted by molar-refractivity contribution is 9.10. The predicted molar refractivity (Wildman–Crippen MR) is 65.7 cm³/mol. The van der Waals surface area contributed by atoms with Crippen molar-refractivity contribution >= 4 is 27.5 Å². The van der Waals surface area contributed by atoms with Crippen LogP contribution >= 0.6 is 27.5 Å². The second-order valence-corrected chi connectivity index (χ2v) is 5.18. The first-order valence-corrected chi connectivity index (χ1v) is 6.03. The van der Waals surface area contributed by atoms with Crippen molar-refractivity contribution in [2.45, 2.75) is 18.3 Å². The van der Waals surface area contributed by atoms with Gasteiger partial charge in [0, 0.05) is 17.0 Å². The molecule has 15 heavy (non-hydrogen) atoms. The number of rotatable bonds is 3. The molecule has 82 valence electrons. The molecule has 0 aromatic heterocycles. The molecule has 1 saturated carbocycles. The van der Waals surface area contributed by atoms with E-state index in [4.69, 9.17) is 22.1 Å². The lowest BCUT2D eigenvalue weighted by molar-refractivity contribution is 0.410. The first-order chi connectivity index (χ1) is 7.13. The normalized spacial score (nSPS) is 17.6. The number of hydrogen-bond acceptors (Lipinski definition) is 2. The van der Waals surface area contributed by atoms with E-state index < -0.39 is 0 Å². The molecule has 0 heterocycles. The fraction of sp³-hybridized carbons (Fsp3) is 0.455. The van der Waals surface area contributed by atoms with Gasteiger partial charge in [-0.1, -0.05) is 11.6 Å². The van der Waals surface area contributed by atoms with Crippen LogP contribution in [0.4, 0.5) is 0 Å². The molecule has 2 nitrogen and oxygen atoms in total. The van der Waals surface area contributed by atoms with Crippen molar-refractivity contribution in [2.24, 2.45) is 5.73 Å². The van der Waals surface area contributed by atoms with Gasteiger partial charge in [0.25, 0.3) is 0 Å². The van der Waals surface area contributed by atoms with Crippen LogP contribution < -0.4 is 10.5 Å². The van der Waals surface area contributed by atoms with Gasteiger partial charge in [0.2, 0.25) is 0 Å². The van der Waals surface area contributed by atoms with Crippen molar-refractivity contribution in [2.75, 3.05) is 13.7 Å². The molecule has 2 N–H and O–H groups in total. The monoisotopic (exact) mass is 289 g/mol. The summed E-state index contributed by atoms with van der Waals surface area (Å²) < 4.78 is 6.25. The number of methoxy groups -OCH3 is 1. The van der Waals surface area contributed by atoms with Gasteiger partial charge in [0.15, 0.2) is 0 Å². The van der Waals surface area contributed by atoms with Gasteiger partial charge in [-0.3, -0.25) is 0 Å². The molecule has 0 amide bonds. The van der Waals surface area contributed by atoms with E-state index in [9.17, 15) is 0 Å². The Morgan fingerprint density at radius 1 is 1.53 bits per heavy atom. The summed E-state index contributed by atoms with van der Waals surface area (Å²) in [4.78, 5) is 0. The van der Waals surface area contributed by atoms with Gasteiger partial charge < -0.3 is 10.5 Å². The summed E-state index contributed by atoms with van der Waals surface area (Å²) in [5, 5.41) is 0.699. The minimum atomic E-state index is 0.122. The molecule has 2 rings (SSSR count). The van der Waals surface area contributed by atoms with Crippen molar-refractivity contribution < 1.29 is 4.74 Å². The number of benzene rings is 1. The van der Waals surface area contributed by atoms with E-state index in [0.717, 1.165) is 23.1 Å². The molecule has 0 unspecified atom stereocenters. The molecular weight excluding hydrogens is 277 g/mol. The summed E-state index contributed by atoms with van der Waals surface area (Å²) in [6.45, 7) is 0.662. The van der Waals surface area contributed by atoms with Gasteiger partial charge in [-0.25, -0.2) is 0 Å². The van der Waals surface area contributed by atoms with Crippen LogP contribution in [0.15, 0.2) is 16.6 Å². The van der Waals surface area contributed by atoms with Gasteiger partial charge in [0.1, 0.15) is 5.75 Å². The fourth-order valence-corrected chi connectivity index (χ4v) is 2.85. The van der Waals surface area contributed by atoms with E-state index >= 15 is 0 Å². The quantitative estimate of drug-likeness (QED) is 0.928. The zero-order valence-corrected chi connectivity index (χ0v) is 10.9. The van der Waals surface area contributed by atoms with Crippen molar-refractivity contribution in [3.63, 3.8) is 0 Å². The maximum absolute atomic E-state index is 6.05. The maximum atomic E-state index is 6.05. The van der Waals surface area contributed by atoms with Crippen LogP contribution in [-0.2, 0) is 5.41 Å². The number of ether oxygens (including phenoxy) is 1. The Morgan fingerprint density at radius 2 is 2.20 bits per heavy atom. The third-order valence-electron chi connectivity index (χ3n) is 3.04. The standard InChI is InChI=1S/C11H13BrClNO/c1-15-9-5-7(13)4-8(10(9)12)11(6-14)2-3-11/h4-5H,2-3,6,14H2,1H3. The van der Waals surface area contributed by atoms with E-state index in [1.54, 1.807) is 7.11 Å². The molecule has 1 fully saturated rings. The molecule has 0 saturated heterocycles. The summed E-state index contributed by atoms with van der Waals surface area (Å²) in [6.07, 6.45) is 2.26. The number of nitrogens with two attached hydrogens (primary N) is 1. The Bertz CT molecular complexity index is 390. The highest BCUT2D eigenvalue weighted by atomic mass is 79.9. The molecule has 1 aromatic rings. The molecule has 0 radical (unpaired) electrons. The highest BCUT2D eigenvalue weighted by Gasteiger charge is 2.44. The zero-order chi connectivity index (χ0) is 11.1. The van der Waals surface area contributed by atoms with Crippen LogP contribution in [0, 0.1) is 0 Å². The van der Waals surface area contributed by atoms with Gasteiger partial charge in [-0.2, -0.15) is 0 Å².